The van der Waals surface area contributed by atoms with Gasteiger partial charge in [0.15, 0.2) is 0 Å². The van der Waals surface area contributed by atoms with Gasteiger partial charge in [-0.05, 0) is 43.7 Å². The lowest BCUT2D eigenvalue weighted by atomic mass is 9.85. The third-order valence-corrected chi connectivity index (χ3v) is 3.91. The first-order valence-corrected chi connectivity index (χ1v) is 7.87. The van der Waals surface area contributed by atoms with Crippen molar-refractivity contribution in [2.75, 3.05) is 11.9 Å². The molecule has 0 amide bonds. The second-order valence-corrected chi connectivity index (χ2v) is 5.73. The Morgan fingerprint density at radius 2 is 2.00 bits per heavy atom. The molecule has 1 saturated carbocycles. The van der Waals surface area contributed by atoms with Crippen LogP contribution in [0.5, 0.6) is 6.01 Å². The van der Waals surface area contributed by atoms with Crippen molar-refractivity contribution in [3.8, 4) is 6.01 Å². The highest BCUT2D eigenvalue weighted by Crippen LogP contribution is 2.27. The van der Waals surface area contributed by atoms with Crippen LogP contribution < -0.4 is 10.1 Å². The minimum absolute atomic E-state index is 0.171. The van der Waals surface area contributed by atoms with Gasteiger partial charge in [0.05, 0.1) is 6.61 Å². The number of anilines is 1. The number of nitrogens with one attached hydrogen (secondary N) is 1. The van der Waals surface area contributed by atoms with Crippen LogP contribution >= 0.6 is 11.6 Å². The Hall–Kier alpha value is -1.10. The highest BCUT2D eigenvalue weighted by molar-refractivity contribution is 6.28. The molecule has 1 unspecified atom stereocenters. The van der Waals surface area contributed by atoms with Crippen molar-refractivity contribution >= 4 is 17.5 Å². The first kappa shape index (κ1) is 15.3. The molecule has 0 aliphatic heterocycles. The van der Waals surface area contributed by atoms with Crippen LogP contribution in [-0.4, -0.2) is 27.6 Å². The van der Waals surface area contributed by atoms with E-state index in [9.17, 15) is 0 Å². The lowest BCUT2D eigenvalue weighted by Crippen LogP contribution is -2.28. The highest BCUT2D eigenvalue weighted by atomic mass is 35.5. The fraction of sp³-hybridized carbons (Fsp3) is 0.786. The largest absolute Gasteiger partial charge is 0.463 e. The van der Waals surface area contributed by atoms with Crippen molar-refractivity contribution in [1.82, 2.24) is 15.0 Å². The lowest BCUT2D eigenvalue weighted by Gasteiger charge is -2.28. The second kappa shape index (κ2) is 7.62. The summed E-state index contributed by atoms with van der Waals surface area (Å²) in [5.41, 5.74) is 0. The van der Waals surface area contributed by atoms with Crippen LogP contribution in [0.1, 0.15) is 52.4 Å². The SMILES string of the molecule is CCCOc1nc(Cl)nc(NC(C)C2CCCCC2)n1. The monoisotopic (exact) mass is 298 g/mol. The zero-order valence-electron chi connectivity index (χ0n) is 12.2. The van der Waals surface area contributed by atoms with Gasteiger partial charge in [-0.25, -0.2) is 0 Å². The van der Waals surface area contributed by atoms with Gasteiger partial charge in [0, 0.05) is 6.04 Å². The molecule has 0 spiro atoms. The van der Waals surface area contributed by atoms with Crippen molar-refractivity contribution in [3.63, 3.8) is 0 Å². The predicted molar refractivity (Wildman–Crippen MR) is 80.3 cm³/mol. The molecular formula is C14H23ClN4O. The minimum Gasteiger partial charge on any atom is -0.463 e. The zero-order chi connectivity index (χ0) is 14.4. The molecule has 1 heterocycles. The zero-order valence-corrected chi connectivity index (χ0v) is 13.0. The summed E-state index contributed by atoms with van der Waals surface area (Å²) >= 11 is 5.92. The fourth-order valence-electron chi connectivity index (χ4n) is 2.61. The molecule has 1 atom stereocenters. The van der Waals surface area contributed by atoms with E-state index < -0.39 is 0 Å². The Morgan fingerprint density at radius 1 is 1.25 bits per heavy atom. The Bertz CT molecular complexity index is 424. The molecule has 112 valence electrons. The summed E-state index contributed by atoms with van der Waals surface area (Å²) in [6, 6.07) is 0.637. The van der Waals surface area contributed by atoms with E-state index in [4.69, 9.17) is 16.3 Å². The molecule has 5 nitrogen and oxygen atoms in total. The molecule has 1 aromatic rings. The predicted octanol–water partition coefficient (Wildman–Crippen LogP) is 3.69. The van der Waals surface area contributed by atoms with E-state index in [0.717, 1.165) is 6.42 Å². The third kappa shape index (κ3) is 4.47. The van der Waals surface area contributed by atoms with Crippen LogP contribution in [0.4, 0.5) is 5.95 Å². The average Bonchev–Trinajstić information content (AvgIpc) is 2.45. The normalized spacial score (nSPS) is 17.8. The van der Waals surface area contributed by atoms with E-state index in [2.05, 4.69) is 27.2 Å². The molecule has 1 fully saturated rings. The molecule has 0 radical (unpaired) electrons. The Balaban J connectivity index is 1.98. The highest BCUT2D eigenvalue weighted by Gasteiger charge is 2.21. The number of aromatic nitrogens is 3. The summed E-state index contributed by atoms with van der Waals surface area (Å²) in [6.07, 6.45) is 7.44. The summed E-state index contributed by atoms with van der Waals surface area (Å²) in [6.45, 7) is 4.80. The molecule has 1 N–H and O–H groups in total. The van der Waals surface area contributed by atoms with E-state index >= 15 is 0 Å². The van der Waals surface area contributed by atoms with Crippen molar-refractivity contribution in [2.24, 2.45) is 5.92 Å². The molecule has 6 heteroatoms. The van der Waals surface area contributed by atoms with Crippen molar-refractivity contribution in [3.05, 3.63) is 5.28 Å². The topological polar surface area (TPSA) is 59.9 Å². The van der Waals surface area contributed by atoms with Crippen LogP contribution in [0.2, 0.25) is 5.28 Å². The molecule has 1 aromatic heterocycles. The fourth-order valence-corrected chi connectivity index (χ4v) is 2.76. The number of halogens is 1. The van der Waals surface area contributed by atoms with Gasteiger partial charge in [0.2, 0.25) is 11.2 Å². The van der Waals surface area contributed by atoms with E-state index in [1.807, 2.05) is 6.92 Å². The van der Waals surface area contributed by atoms with E-state index in [0.29, 0.717) is 30.5 Å². The molecule has 0 aromatic carbocycles. The molecule has 0 bridgehead atoms. The van der Waals surface area contributed by atoms with E-state index in [1.54, 1.807) is 0 Å². The van der Waals surface area contributed by atoms with Crippen LogP contribution in [-0.2, 0) is 0 Å². The molecule has 0 saturated heterocycles. The summed E-state index contributed by atoms with van der Waals surface area (Å²) in [5, 5.41) is 3.51. The Labute approximate surface area is 125 Å². The summed E-state index contributed by atoms with van der Waals surface area (Å²) < 4.78 is 5.42. The molecular weight excluding hydrogens is 276 g/mol. The molecule has 2 rings (SSSR count). The maximum atomic E-state index is 5.92. The van der Waals surface area contributed by atoms with Crippen molar-refractivity contribution < 1.29 is 4.74 Å². The van der Waals surface area contributed by atoms with Crippen LogP contribution in [0, 0.1) is 5.92 Å². The summed E-state index contributed by atoms with van der Waals surface area (Å²) in [7, 11) is 0. The third-order valence-electron chi connectivity index (χ3n) is 3.74. The van der Waals surface area contributed by atoms with E-state index in [1.165, 1.54) is 32.1 Å². The summed E-state index contributed by atoms with van der Waals surface area (Å²) in [4.78, 5) is 12.4. The number of hydrogen-bond acceptors (Lipinski definition) is 5. The quantitative estimate of drug-likeness (QED) is 0.868. The van der Waals surface area contributed by atoms with Gasteiger partial charge in [-0.2, -0.15) is 15.0 Å². The molecule has 20 heavy (non-hydrogen) atoms. The van der Waals surface area contributed by atoms with Crippen LogP contribution in [0.25, 0.3) is 0 Å². The van der Waals surface area contributed by atoms with Crippen LogP contribution in [0.3, 0.4) is 0 Å². The van der Waals surface area contributed by atoms with Crippen molar-refractivity contribution in [1.29, 1.82) is 0 Å². The summed E-state index contributed by atoms with van der Waals surface area (Å²) in [5.74, 6) is 1.19. The number of rotatable bonds is 6. The Kier molecular flexibility index (Phi) is 5.83. The average molecular weight is 299 g/mol. The van der Waals surface area contributed by atoms with Gasteiger partial charge in [0.25, 0.3) is 0 Å². The molecule has 1 aliphatic carbocycles. The van der Waals surface area contributed by atoms with Gasteiger partial charge in [-0.3, -0.25) is 0 Å². The maximum absolute atomic E-state index is 5.92. The second-order valence-electron chi connectivity index (χ2n) is 5.39. The van der Waals surface area contributed by atoms with Gasteiger partial charge in [-0.1, -0.05) is 26.2 Å². The lowest BCUT2D eigenvalue weighted by molar-refractivity contribution is 0.291. The van der Waals surface area contributed by atoms with Crippen LogP contribution in [0.15, 0.2) is 0 Å². The van der Waals surface area contributed by atoms with Crippen molar-refractivity contribution in [2.45, 2.75) is 58.4 Å². The number of hydrogen-bond donors (Lipinski definition) is 1. The molecule has 1 aliphatic rings. The Morgan fingerprint density at radius 3 is 2.70 bits per heavy atom. The first-order chi connectivity index (χ1) is 9.69. The smallest absolute Gasteiger partial charge is 0.322 e. The standard InChI is InChI=1S/C14H23ClN4O/c1-3-9-20-14-18-12(15)17-13(19-14)16-10(2)11-7-5-4-6-8-11/h10-11H,3-9H2,1-2H3,(H,16,17,18,19). The number of ether oxygens (including phenoxy) is 1. The first-order valence-electron chi connectivity index (χ1n) is 7.50. The minimum atomic E-state index is 0.171. The van der Waals surface area contributed by atoms with Gasteiger partial charge >= 0.3 is 6.01 Å². The van der Waals surface area contributed by atoms with Gasteiger partial charge < -0.3 is 10.1 Å². The van der Waals surface area contributed by atoms with E-state index in [-0.39, 0.29) is 5.28 Å². The van der Waals surface area contributed by atoms with Gasteiger partial charge in [-0.15, -0.1) is 0 Å². The maximum Gasteiger partial charge on any atom is 0.322 e. The van der Waals surface area contributed by atoms with Gasteiger partial charge in [0.1, 0.15) is 0 Å². The number of nitrogens with zero attached hydrogens (tertiary/aromatic N) is 3.